The number of aryl methyl sites for hydroxylation is 1. The SMILES string of the molecule is CCCCCCCCCCCCCCC(CCCc1nnc(C(Cl)(Cl)Cl)o1)OCCCC. The van der Waals surface area contributed by atoms with Crippen LogP contribution in [0.4, 0.5) is 0 Å². The summed E-state index contributed by atoms with van der Waals surface area (Å²) < 4.78 is 9.94. The Morgan fingerprint density at radius 2 is 1.25 bits per heavy atom. The van der Waals surface area contributed by atoms with Crippen molar-refractivity contribution in [2.45, 2.75) is 139 Å². The van der Waals surface area contributed by atoms with Gasteiger partial charge >= 0.3 is 0 Å². The molecule has 1 rings (SSSR count). The lowest BCUT2D eigenvalue weighted by molar-refractivity contribution is 0.0367. The molecular formula is C25H45Cl3N2O2. The van der Waals surface area contributed by atoms with Crippen LogP contribution in [0.25, 0.3) is 0 Å². The van der Waals surface area contributed by atoms with E-state index in [2.05, 4.69) is 24.0 Å². The van der Waals surface area contributed by atoms with Crippen molar-refractivity contribution in [3.8, 4) is 0 Å². The Morgan fingerprint density at radius 1 is 0.719 bits per heavy atom. The largest absolute Gasteiger partial charge is 0.421 e. The molecule has 0 bridgehead atoms. The second-order valence-corrected chi connectivity index (χ2v) is 11.2. The van der Waals surface area contributed by atoms with E-state index in [9.17, 15) is 0 Å². The van der Waals surface area contributed by atoms with Crippen LogP contribution in [0.1, 0.15) is 135 Å². The van der Waals surface area contributed by atoms with Crippen LogP contribution in [-0.4, -0.2) is 22.9 Å². The van der Waals surface area contributed by atoms with Crippen molar-refractivity contribution < 1.29 is 9.15 Å². The van der Waals surface area contributed by atoms with Crippen molar-refractivity contribution in [3.63, 3.8) is 0 Å². The van der Waals surface area contributed by atoms with Crippen LogP contribution in [0.5, 0.6) is 0 Å². The zero-order chi connectivity index (χ0) is 23.5. The molecule has 0 spiro atoms. The molecule has 1 unspecified atom stereocenters. The predicted molar refractivity (Wildman–Crippen MR) is 137 cm³/mol. The van der Waals surface area contributed by atoms with E-state index in [4.69, 9.17) is 44.0 Å². The monoisotopic (exact) mass is 510 g/mol. The molecule has 7 heteroatoms. The highest BCUT2D eigenvalue weighted by atomic mass is 35.6. The van der Waals surface area contributed by atoms with Gasteiger partial charge in [0.15, 0.2) is 0 Å². The molecule has 0 aromatic carbocycles. The van der Waals surface area contributed by atoms with E-state index in [0.717, 1.165) is 38.7 Å². The standard InChI is InChI=1S/C25H45Cl3N2O2/c1-3-5-7-8-9-10-11-12-13-14-15-16-18-22(31-21-6-4-2)19-17-20-23-29-30-24(32-23)25(26,27)28/h22H,3-21H2,1-2H3. The smallest absolute Gasteiger partial charge is 0.268 e. The second-order valence-electron chi connectivity index (χ2n) is 8.92. The minimum Gasteiger partial charge on any atom is -0.421 e. The molecule has 0 amide bonds. The summed E-state index contributed by atoms with van der Waals surface area (Å²) in [6, 6.07) is 0. The second kappa shape index (κ2) is 19.3. The summed E-state index contributed by atoms with van der Waals surface area (Å²) in [6.07, 6.45) is 22.8. The molecule has 0 saturated heterocycles. The zero-order valence-corrected chi connectivity index (χ0v) is 22.6. The normalized spacial score (nSPS) is 13.0. The van der Waals surface area contributed by atoms with Crippen LogP contribution in [-0.2, 0) is 15.0 Å². The molecule has 0 aliphatic heterocycles. The summed E-state index contributed by atoms with van der Waals surface area (Å²) >= 11 is 17.4. The number of aromatic nitrogens is 2. The Balaban J connectivity index is 2.14. The number of halogens is 3. The first kappa shape index (κ1) is 30.0. The van der Waals surface area contributed by atoms with Crippen LogP contribution < -0.4 is 0 Å². The van der Waals surface area contributed by atoms with E-state index < -0.39 is 3.79 Å². The molecule has 4 nitrogen and oxygen atoms in total. The van der Waals surface area contributed by atoms with Crippen molar-refractivity contribution >= 4 is 34.8 Å². The van der Waals surface area contributed by atoms with Crippen LogP contribution in [0.15, 0.2) is 4.42 Å². The summed E-state index contributed by atoms with van der Waals surface area (Å²) in [7, 11) is 0. The Morgan fingerprint density at radius 3 is 1.78 bits per heavy atom. The highest BCUT2D eigenvalue weighted by Crippen LogP contribution is 2.37. The molecule has 1 atom stereocenters. The average molecular weight is 512 g/mol. The highest BCUT2D eigenvalue weighted by molar-refractivity contribution is 6.66. The summed E-state index contributed by atoms with van der Waals surface area (Å²) in [4.78, 5) is 0. The van der Waals surface area contributed by atoms with Crippen molar-refractivity contribution in [1.29, 1.82) is 0 Å². The lowest BCUT2D eigenvalue weighted by Gasteiger charge is -2.17. The first-order valence-electron chi connectivity index (χ1n) is 13.0. The molecule has 0 saturated carbocycles. The summed E-state index contributed by atoms with van der Waals surface area (Å²) in [5.74, 6) is 0.550. The van der Waals surface area contributed by atoms with Gasteiger partial charge in [0.2, 0.25) is 5.89 Å². The number of alkyl halides is 3. The molecule has 1 aromatic rings. The summed E-state index contributed by atoms with van der Waals surface area (Å²) in [5.41, 5.74) is 0. The molecule has 32 heavy (non-hydrogen) atoms. The Hall–Kier alpha value is -0.0300. The van der Waals surface area contributed by atoms with Crippen LogP contribution in [0.2, 0.25) is 0 Å². The molecule has 1 aromatic heterocycles. The van der Waals surface area contributed by atoms with Gasteiger partial charge in [0, 0.05) is 13.0 Å². The van der Waals surface area contributed by atoms with Crippen LogP contribution >= 0.6 is 34.8 Å². The molecule has 0 fully saturated rings. The number of rotatable bonds is 21. The van der Waals surface area contributed by atoms with Gasteiger partial charge in [-0.05, 0) is 25.7 Å². The molecule has 1 heterocycles. The third-order valence-electron chi connectivity index (χ3n) is 5.86. The van der Waals surface area contributed by atoms with Gasteiger partial charge < -0.3 is 9.15 Å². The lowest BCUT2D eigenvalue weighted by Crippen LogP contribution is -2.14. The van der Waals surface area contributed by atoms with E-state index in [1.54, 1.807) is 0 Å². The fraction of sp³-hybridized carbons (Fsp3) is 0.920. The van der Waals surface area contributed by atoms with Crippen molar-refractivity contribution in [3.05, 3.63) is 11.8 Å². The maximum atomic E-state index is 6.15. The first-order valence-corrected chi connectivity index (χ1v) is 14.1. The van der Waals surface area contributed by atoms with Crippen molar-refractivity contribution in [2.24, 2.45) is 0 Å². The Labute approximate surface area is 211 Å². The van der Waals surface area contributed by atoms with Crippen LogP contribution in [0.3, 0.4) is 0 Å². The summed E-state index contributed by atoms with van der Waals surface area (Å²) in [6.45, 7) is 5.32. The quantitative estimate of drug-likeness (QED) is 0.122. The van der Waals surface area contributed by atoms with Gasteiger partial charge in [0.25, 0.3) is 9.68 Å². The molecular weight excluding hydrogens is 467 g/mol. The number of nitrogens with zero attached hydrogens (tertiary/aromatic N) is 2. The molecule has 0 N–H and O–H groups in total. The van der Waals surface area contributed by atoms with E-state index >= 15 is 0 Å². The van der Waals surface area contributed by atoms with E-state index in [1.165, 1.54) is 77.0 Å². The number of hydrogen-bond acceptors (Lipinski definition) is 4. The maximum absolute atomic E-state index is 6.15. The Kier molecular flexibility index (Phi) is 18.1. The third kappa shape index (κ3) is 15.7. The van der Waals surface area contributed by atoms with Gasteiger partial charge in [-0.15, -0.1) is 10.2 Å². The van der Waals surface area contributed by atoms with E-state index in [1.807, 2.05) is 0 Å². The fourth-order valence-electron chi connectivity index (χ4n) is 3.87. The number of ether oxygens (including phenoxy) is 1. The molecule has 0 aliphatic rings. The number of unbranched alkanes of at least 4 members (excludes halogenated alkanes) is 12. The van der Waals surface area contributed by atoms with Gasteiger partial charge in [-0.1, -0.05) is 132 Å². The topological polar surface area (TPSA) is 48.2 Å². The molecule has 0 aliphatic carbocycles. The first-order chi connectivity index (χ1) is 15.5. The third-order valence-corrected chi connectivity index (χ3v) is 6.34. The fourth-order valence-corrected chi connectivity index (χ4v) is 4.10. The molecule has 188 valence electrons. The predicted octanol–water partition coefficient (Wildman–Crippen LogP) is 9.50. The van der Waals surface area contributed by atoms with Gasteiger partial charge in [-0.25, -0.2) is 0 Å². The van der Waals surface area contributed by atoms with E-state index in [0.29, 0.717) is 18.4 Å². The van der Waals surface area contributed by atoms with Gasteiger partial charge in [-0.2, -0.15) is 0 Å². The Bertz CT molecular complexity index is 550. The maximum Gasteiger partial charge on any atom is 0.268 e. The summed E-state index contributed by atoms with van der Waals surface area (Å²) in [5, 5.41) is 7.79. The average Bonchev–Trinajstić information content (AvgIpc) is 3.24. The van der Waals surface area contributed by atoms with Crippen molar-refractivity contribution in [1.82, 2.24) is 10.2 Å². The molecule has 0 radical (unpaired) electrons. The highest BCUT2D eigenvalue weighted by Gasteiger charge is 2.30. The minimum absolute atomic E-state index is 0.0322. The zero-order valence-electron chi connectivity index (χ0n) is 20.4. The lowest BCUT2D eigenvalue weighted by atomic mass is 10.0. The minimum atomic E-state index is -1.66. The van der Waals surface area contributed by atoms with Crippen molar-refractivity contribution in [2.75, 3.05) is 6.61 Å². The number of hydrogen-bond donors (Lipinski definition) is 0. The van der Waals surface area contributed by atoms with Gasteiger partial charge in [0.05, 0.1) is 6.10 Å². The van der Waals surface area contributed by atoms with Gasteiger partial charge in [0.1, 0.15) is 0 Å². The van der Waals surface area contributed by atoms with E-state index in [-0.39, 0.29) is 5.89 Å². The van der Waals surface area contributed by atoms with Gasteiger partial charge in [-0.3, -0.25) is 0 Å². The van der Waals surface area contributed by atoms with Crippen LogP contribution in [0, 0.1) is 0 Å².